The molecule has 1 aliphatic heterocycles. The van der Waals surface area contributed by atoms with Crippen LogP contribution in [0.2, 0.25) is 0 Å². The Labute approximate surface area is 67.2 Å². The molecule has 0 spiro atoms. The molecule has 0 bridgehead atoms. The second-order valence-electron chi connectivity index (χ2n) is 2.22. The van der Waals surface area contributed by atoms with Gasteiger partial charge in [0.2, 0.25) is 5.76 Å². The van der Waals surface area contributed by atoms with E-state index < -0.39 is 29.7 Å². The van der Waals surface area contributed by atoms with Crippen LogP contribution < -0.4 is 0 Å². The van der Waals surface area contributed by atoms with E-state index in [0.29, 0.717) is 6.21 Å². The summed E-state index contributed by atoms with van der Waals surface area (Å²) in [5.74, 6) is -2.75. The third-order valence-corrected chi connectivity index (χ3v) is 1.42. The number of aliphatic hydroxyl groups excluding tert-OH is 3. The molecule has 0 aromatic rings. The first kappa shape index (κ1) is 8.54. The van der Waals surface area contributed by atoms with E-state index in [9.17, 15) is 4.79 Å². The second kappa shape index (κ2) is 2.82. The molecule has 6 heteroatoms. The fourth-order valence-electron chi connectivity index (χ4n) is 0.785. The molecular weight excluding hydrogens is 166 g/mol. The van der Waals surface area contributed by atoms with Gasteiger partial charge in [-0.05, 0) is 0 Å². The van der Waals surface area contributed by atoms with Gasteiger partial charge in [0.1, 0.15) is 6.10 Å². The summed E-state index contributed by atoms with van der Waals surface area (Å²) >= 11 is 0. The van der Waals surface area contributed by atoms with E-state index in [-0.39, 0.29) is 0 Å². The molecule has 0 aromatic heterocycles. The Morgan fingerprint density at radius 3 is 2.50 bits per heavy atom. The van der Waals surface area contributed by atoms with Gasteiger partial charge in [-0.15, -0.1) is 0 Å². The van der Waals surface area contributed by atoms with Crippen LogP contribution in [0.15, 0.2) is 11.5 Å². The molecule has 1 aliphatic rings. The highest BCUT2D eigenvalue weighted by Gasteiger charge is 2.38. The Kier molecular flexibility index (Phi) is 2.01. The van der Waals surface area contributed by atoms with E-state index >= 15 is 0 Å². The summed E-state index contributed by atoms with van der Waals surface area (Å²) in [6, 6.07) is 0. The van der Waals surface area contributed by atoms with Crippen LogP contribution >= 0.6 is 0 Å². The third kappa shape index (κ3) is 1.12. The van der Waals surface area contributed by atoms with Crippen molar-refractivity contribution in [3.8, 4) is 0 Å². The van der Waals surface area contributed by atoms with Gasteiger partial charge in [-0.25, -0.2) is 4.79 Å². The van der Waals surface area contributed by atoms with Crippen molar-refractivity contribution < 1.29 is 24.9 Å². The second-order valence-corrected chi connectivity index (χ2v) is 2.22. The first-order chi connectivity index (χ1) is 5.57. The van der Waals surface area contributed by atoms with Gasteiger partial charge in [0.15, 0.2) is 11.9 Å². The van der Waals surface area contributed by atoms with Crippen molar-refractivity contribution in [2.75, 3.05) is 0 Å². The van der Waals surface area contributed by atoms with Crippen molar-refractivity contribution in [3.63, 3.8) is 0 Å². The van der Waals surface area contributed by atoms with Gasteiger partial charge in [-0.1, -0.05) is 0 Å². The quantitative estimate of drug-likeness (QED) is 0.324. The molecular formula is C6H7NO5. The number of rotatable bonds is 2. The molecule has 4 N–H and O–H groups in total. The average molecular weight is 173 g/mol. The van der Waals surface area contributed by atoms with Gasteiger partial charge in [0.25, 0.3) is 0 Å². The largest absolute Gasteiger partial charge is 0.505 e. The summed E-state index contributed by atoms with van der Waals surface area (Å²) in [7, 11) is 0. The minimum absolute atomic E-state index is 0.590. The van der Waals surface area contributed by atoms with Gasteiger partial charge in [-0.2, -0.15) is 0 Å². The lowest BCUT2D eigenvalue weighted by Gasteiger charge is -2.11. The lowest BCUT2D eigenvalue weighted by atomic mass is 10.2. The highest BCUT2D eigenvalue weighted by Crippen LogP contribution is 2.20. The summed E-state index contributed by atoms with van der Waals surface area (Å²) < 4.78 is 4.32. The molecule has 0 aliphatic carbocycles. The van der Waals surface area contributed by atoms with E-state index in [1.165, 1.54) is 0 Å². The minimum atomic E-state index is -1.43. The highest BCUT2D eigenvalue weighted by atomic mass is 16.6. The topological polar surface area (TPSA) is 111 Å². The van der Waals surface area contributed by atoms with Crippen LogP contribution in [0.5, 0.6) is 0 Å². The normalized spacial score (nSPS) is 25.4. The molecule has 6 nitrogen and oxygen atoms in total. The van der Waals surface area contributed by atoms with Crippen molar-refractivity contribution in [3.05, 3.63) is 11.5 Å². The van der Waals surface area contributed by atoms with Crippen LogP contribution in [0.25, 0.3) is 0 Å². The van der Waals surface area contributed by atoms with Crippen LogP contribution in [-0.2, 0) is 9.53 Å². The number of aliphatic hydroxyl groups is 3. The van der Waals surface area contributed by atoms with E-state index in [1.54, 1.807) is 0 Å². The molecule has 0 fully saturated rings. The van der Waals surface area contributed by atoms with Crippen LogP contribution in [-0.4, -0.2) is 39.7 Å². The number of nitrogens with one attached hydrogen (secondary N) is 1. The summed E-state index contributed by atoms with van der Waals surface area (Å²) in [5.41, 5.74) is 0. The predicted molar refractivity (Wildman–Crippen MR) is 37.0 cm³/mol. The average Bonchev–Trinajstić information content (AvgIpc) is 2.32. The fraction of sp³-hybridized carbons (Fsp3) is 0.333. The van der Waals surface area contributed by atoms with E-state index in [4.69, 9.17) is 20.7 Å². The van der Waals surface area contributed by atoms with Crippen LogP contribution in [0.4, 0.5) is 0 Å². The Morgan fingerprint density at radius 2 is 2.17 bits per heavy atom. The molecule has 0 radical (unpaired) electrons. The number of hydrogen-bond acceptors (Lipinski definition) is 6. The Morgan fingerprint density at radius 1 is 1.58 bits per heavy atom. The van der Waals surface area contributed by atoms with Crippen LogP contribution in [0.1, 0.15) is 0 Å². The van der Waals surface area contributed by atoms with E-state index in [2.05, 4.69) is 4.74 Å². The smallest absolute Gasteiger partial charge is 0.378 e. The molecule has 66 valence electrons. The maximum Gasteiger partial charge on any atom is 0.378 e. The lowest BCUT2D eigenvalue weighted by Crippen LogP contribution is -2.29. The van der Waals surface area contributed by atoms with Gasteiger partial charge in [-0.3, -0.25) is 0 Å². The molecule has 0 aromatic carbocycles. The minimum Gasteiger partial charge on any atom is -0.505 e. The fourth-order valence-corrected chi connectivity index (χ4v) is 0.785. The first-order valence-corrected chi connectivity index (χ1v) is 3.09. The molecule has 2 atom stereocenters. The van der Waals surface area contributed by atoms with E-state index in [1.807, 2.05) is 0 Å². The summed E-state index contributed by atoms with van der Waals surface area (Å²) in [6.07, 6.45) is -2.19. The number of cyclic esters (lactones) is 1. The monoisotopic (exact) mass is 173 g/mol. The van der Waals surface area contributed by atoms with Gasteiger partial charge >= 0.3 is 5.97 Å². The number of hydrogen-bond donors (Lipinski definition) is 4. The van der Waals surface area contributed by atoms with Gasteiger partial charge in [0.05, 0.1) is 0 Å². The molecule has 0 unspecified atom stereocenters. The number of carbonyl (C=O) groups excluding carboxylic acids is 1. The standard InChI is InChI=1S/C6H7NO5/c7-1-2(8)5-3(9)4(10)6(11)12-5/h1-2,5,7-10H/t2-,5+/m0/s1. The Hall–Kier alpha value is -1.56. The third-order valence-electron chi connectivity index (χ3n) is 1.42. The van der Waals surface area contributed by atoms with Gasteiger partial charge < -0.3 is 25.5 Å². The van der Waals surface area contributed by atoms with Crippen molar-refractivity contribution in [2.24, 2.45) is 0 Å². The van der Waals surface area contributed by atoms with E-state index in [0.717, 1.165) is 0 Å². The predicted octanol–water partition coefficient (Wildman–Crippen LogP) is -0.750. The van der Waals surface area contributed by atoms with Crippen molar-refractivity contribution in [1.82, 2.24) is 0 Å². The Balaban J connectivity index is 2.86. The maximum atomic E-state index is 10.5. The van der Waals surface area contributed by atoms with Crippen molar-refractivity contribution in [1.29, 1.82) is 5.41 Å². The number of esters is 1. The zero-order valence-corrected chi connectivity index (χ0v) is 5.89. The molecule has 0 amide bonds. The zero-order chi connectivity index (χ0) is 9.30. The summed E-state index contributed by atoms with van der Waals surface area (Å²) in [6.45, 7) is 0. The van der Waals surface area contributed by atoms with Crippen molar-refractivity contribution in [2.45, 2.75) is 12.2 Å². The maximum absolute atomic E-state index is 10.5. The lowest BCUT2D eigenvalue weighted by molar-refractivity contribution is -0.144. The Bertz CT molecular complexity index is 259. The highest BCUT2D eigenvalue weighted by molar-refractivity contribution is 5.89. The number of ether oxygens (including phenoxy) is 1. The van der Waals surface area contributed by atoms with Crippen LogP contribution in [0.3, 0.4) is 0 Å². The molecule has 1 heterocycles. The SMILES string of the molecule is N=C[C@H](O)[C@H]1OC(=O)C(O)=C1O. The number of carbonyl (C=O) groups is 1. The van der Waals surface area contributed by atoms with Crippen LogP contribution in [0, 0.1) is 5.41 Å². The molecule has 0 saturated carbocycles. The van der Waals surface area contributed by atoms with Gasteiger partial charge in [0, 0.05) is 6.21 Å². The first-order valence-electron chi connectivity index (χ1n) is 3.09. The summed E-state index contributed by atoms with van der Waals surface area (Å²) in [5, 5.41) is 33.3. The molecule has 12 heavy (non-hydrogen) atoms. The molecule has 0 saturated heterocycles. The van der Waals surface area contributed by atoms with Crippen molar-refractivity contribution >= 4 is 12.2 Å². The zero-order valence-electron chi connectivity index (χ0n) is 5.89. The molecule has 1 rings (SSSR count). The summed E-state index contributed by atoms with van der Waals surface area (Å²) in [4.78, 5) is 10.5.